The molecule has 1 aliphatic heterocycles. The molecule has 5 aliphatic rings. The summed E-state index contributed by atoms with van der Waals surface area (Å²) in [5.41, 5.74) is 0.573. The van der Waals surface area contributed by atoms with Gasteiger partial charge in [0.05, 0.1) is 30.2 Å². The topological polar surface area (TPSA) is 116 Å². The molecule has 3 saturated carbocycles. The molecule has 284 valence electrons. The summed E-state index contributed by atoms with van der Waals surface area (Å²) >= 11 is 0. The summed E-state index contributed by atoms with van der Waals surface area (Å²) in [5.74, 6) is 0.170. The third-order valence-electron chi connectivity index (χ3n) is 15.1. The number of rotatable bonds is 4. The number of aryl methyl sites for hydroxylation is 1. The van der Waals surface area contributed by atoms with Gasteiger partial charge < -0.3 is 25.0 Å². The lowest BCUT2D eigenvalue weighted by Gasteiger charge is -2.61. The summed E-state index contributed by atoms with van der Waals surface area (Å²) in [6.07, 6.45) is 11.2. The molecule has 1 aromatic heterocycles. The Kier molecular flexibility index (Phi) is 10.6. The van der Waals surface area contributed by atoms with Crippen LogP contribution < -0.4 is 0 Å². The predicted molar refractivity (Wildman–Crippen MR) is 211 cm³/mol. The second-order valence-electron chi connectivity index (χ2n) is 18.3. The zero-order valence-electron chi connectivity index (χ0n) is 31.7. The fraction of sp³-hybridized carbons (Fsp3) is 0.674. The van der Waals surface area contributed by atoms with Crippen LogP contribution in [0, 0.1) is 45.8 Å². The first-order valence-electron chi connectivity index (χ1n) is 19.6. The Hall–Kier alpha value is -1.88. The average Bonchev–Trinajstić information content (AvgIpc) is 3.72. The van der Waals surface area contributed by atoms with Crippen molar-refractivity contribution in [2.24, 2.45) is 45.8 Å². The predicted octanol–water partition coefficient (Wildman–Crippen LogP) is 7.61. The number of aromatic nitrogens is 2. The number of carbonyl (C=O) groups excluding carboxylic acids is 1. The Morgan fingerprint density at radius 3 is 2.44 bits per heavy atom. The Balaban J connectivity index is 1.33. The summed E-state index contributed by atoms with van der Waals surface area (Å²) in [7, 11) is 3.78. The van der Waals surface area contributed by atoms with Crippen LogP contribution in [-0.2, 0) is 11.2 Å². The molecule has 0 radical (unpaired) electrons. The minimum Gasteiger partial charge on any atom is -0.393 e. The minimum absolute atomic E-state index is 0.0249. The van der Waals surface area contributed by atoms with Crippen LogP contribution in [0.5, 0.6) is 0 Å². The van der Waals surface area contributed by atoms with E-state index in [0.29, 0.717) is 12.8 Å². The number of imidazole rings is 1. The quantitative estimate of drug-likeness (QED) is 0.187. The second kappa shape index (κ2) is 14.3. The summed E-state index contributed by atoms with van der Waals surface area (Å²) < 4.78 is 2.21. The van der Waals surface area contributed by atoms with E-state index in [1.54, 1.807) is 6.08 Å². The van der Waals surface area contributed by atoms with E-state index >= 15 is 0 Å². The van der Waals surface area contributed by atoms with Crippen LogP contribution in [0.25, 0.3) is 0 Å². The number of hydrogen-bond donors (Lipinski definition) is 4. The lowest BCUT2D eigenvalue weighted by molar-refractivity contribution is -0.159. The van der Waals surface area contributed by atoms with Crippen LogP contribution in [0.3, 0.4) is 0 Å². The molecule has 7 nitrogen and oxygen atoms in total. The molecular weight excluding hydrogens is 689 g/mol. The van der Waals surface area contributed by atoms with Gasteiger partial charge in [-0.3, -0.25) is 4.79 Å². The van der Waals surface area contributed by atoms with Gasteiger partial charge in [0.25, 0.3) is 0 Å². The Bertz CT molecular complexity index is 1650. The van der Waals surface area contributed by atoms with Crippen molar-refractivity contribution in [3.8, 4) is 0 Å². The number of ketones is 1. The molecule has 0 spiro atoms. The fourth-order valence-corrected chi connectivity index (χ4v) is 15.0. The standard InChI is InChI=1S/C43H60N2O5S2/c1-26-18-35(46)27(2)31-19-34(43(50)32-20-36(47)33-21-37(48)38(49)23-41(33,5)30(32)14-15-42(31,43)6)39(13-12-28-10-8-7-9-11-28)52-51-24-29(22-40(26,3)4)45-17-16-44-25-45/h7-11,16-17,20,25,27,29-31,33-35,37-39,46,48-50H,1,12-15,18-19,21-24H2,2-6H3. The van der Waals surface area contributed by atoms with Crippen LogP contribution in [0.1, 0.15) is 97.6 Å². The maximum absolute atomic E-state index is 14.2. The zero-order valence-corrected chi connectivity index (χ0v) is 33.3. The van der Waals surface area contributed by atoms with E-state index in [1.807, 2.05) is 46.4 Å². The van der Waals surface area contributed by atoms with Crippen molar-refractivity contribution >= 4 is 27.4 Å². The monoisotopic (exact) mass is 748 g/mol. The number of aliphatic hydroxyl groups is 4. The largest absolute Gasteiger partial charge is 0.393 e. The maximum atomic E-state index is 14.2. The number of carbonyl (C=O) groups is 1. The lowest BCUT2D eigenvalue weighted by atomic mass is 9.45. The Labute approximate surface area is 318 Å². The molecule has 1 saturated heterocycles. The molecule has 13 atom stereocenters. The van der Waals surface area contributed by atoms with Crippen LogP contribution in [0.15, 0.2) is 72.9 Å². The van der Waals surface area contributed by atoms with Crippen LogP contribution in [-0.4, -0.2) is 70.7 Å². The highest BCUT2D eigenvalue weighted by Gasteiger charge is 2.71. The molecule has 2 heterocycles. The van der Waals surface area contributed by atoms with E-state index in [2.05, 4.69) is 75.0 Å². The van der Waals surface area contributed by atoms with Crippen molar-refractivity contribution in [2.75, 3.05) is 5.75 Å². The molecule has 1 aromatic carbocycles. The zero-order chi connectivity index (χ0) is 37.2. The summed E-state index contributed by atoms with van der Waals surface area (Å²) in [6, 6.07) is 10.8. The van der Waals surface area contributed by atoms with E-state index in [0.717, 1.165) is 55.4 Å². The summed E-state index contributed by atoms with van der Waals surface area (Å²) in [5, 5.41) is 47.7. The van der Waals surface area contributed by atoms with E-state index in [9.17, 15) is 25.2 Å². The lowest BCUT2D eigenvalue weighted by Crippen LogP contribution is -2.63. The van der Waals surface area contributed by atoms with Crippen molar-refractivity contribution in [1.29, 1.82) is 0 Å². The number of benzene rings is 1. The van der Waals surface area contributed by atoms with Crippen LogP contribution in [0.2, 0.25) is 0 Å². The van der Waals surface area contributed by atoms with E-state index < -0.39 is 34.7 Å². The highest BCUT2D eigenvalue weighted by atomic mass is 33.1. The number of aliphatic hydroxyl groups excluding tert-OH is 3. The second-order valence-corrected chi connectivity index (χ2v) is 20.9. The first-order chi connectivity index (χ1) is 24.6. The molecule has 2 bridgehead atoms. The molecule has 9 heteroatoms. The van der Waals surface area contributed by atoms with Gasteiger partial charge in [-0.15, -0.1) is 0 Å². The number of nitrogens with zero attached hydrogens (tertiary/aromatic N) is 2. The van der Waals surface area contributed by atoms with Gasteiger partial charge in [0, 0.05) is 46.7 Å². The van der Waals surface area contributed by atoms with Crippen molar-refractivity contribution in [1.82, 2.24) is 9.55 Å². The molecule has 52 heavy (non-hydrogen) atoms. The molecule has 4 aliphatic carbocycles. The number of allylic oxidation sites excluding steroid dienone is 1. The molecular formula is C43H60N2O5S2. The molecule has 4 N–H and O–H groups in total. The van der Waals surface area contributed by atoms with Crippen molar-refractivity contribution in [3.63, 3.8) is 0 Å². The van der Waals surface area contributed by atoms with Gasteiger partial charge in [-0.1, -0.05) is 98.7 Å². The SMILES string of the molecule is C=C1CC(O)C(C)C2CC(C(CCc3ccccc3)SSCC(n3ccnc3)CC1(C)C)C1(O)C3=CC(=O)C4CC(O)C(O)CC4(C)C3CCC21C. The normalized spacial score (nSPS) is 43.8. The van der Waals surface area contributed by atoms with Crippen molar-refractivity contribution in [3.05, 3.63) is 78.4 Å². The van der Waals surface area contributed by atoms with Gasteiger partial charge in [0.1, 0.15) is 0 Å². The van der Waals surface area contributed by atoms with E-state index in [4.69, 9.17) is 0 Å². The third kappa shape index (κ3) is 6.41. The molecule has 4 fully saturated rings. The van der Waals surface area contributed by atoms with Gasteiger partial charge in [0.2, 0.25) is 0 Å². The highest BCUT2D eigenvalue weighted by molar-refractivity contribution is 8.76. The first-order valence-corrected chi connectivity index (χ1v) is 22.0. The summed E-state index contributed by atoms with van der Waals surface area (Å²) in [6.45, 7) is 15.6. The maximum Gasteiger partial charge on any atom is 0.159 e. The highest BCUT2D eigenvalue weighted by Crippen LogP contribution is 2.71. The van der Waals surface area contributed by atoms with Crippen molar-refractivity contribution in [2.45, 2.75) is 128 Å². The Morgan fingerprint density at radius 2 is 1.73 bits per heavy atom. The van der Waals surface area contributed by atoms with Gasteiger partial charge in [0.15, 0.2) is 5.78 Å². The smallest absolute Gasteiger partial charge is 0.159 e. The van der Waals surface area contributed by atoms with Gasteiger partial charge >= 0.3 is 0 Å². The van der Waals surface area contributed by atoms with Gasteiger partial charge in [-0.05, 0) is 104 Å². The van der Waals surface area contributed by atoms with E-state index in [-0.39, 0.29) is 58.5 Å². The molecule has 0 amide bonds. The molecule has 2 aromatic rings. The number of hydrogen-bond acceptors (Lipinski definition) is 8. The van der Waals surface area contributed by atoms with Crippen LogP contribution >= 0.6 is 21.6 Å². The average molecular weight is 749 g/mol. The fourth-order valence-electron chi connectivity index (χ4n) is 11.7. The first kappa shape index (κ1) is 38.4. The van der Waals surface area contributed by atoms with Crippen molar-refractivity contribution < 1.29 is 25.2 Å². The third-order valence-corrected chi connectivity index (χ3v) is 18.1. The molecule has 13 unspecified atom stereocenters. The van der Waals surface area contributed by atoms with Gasteiger partial charge in [-0.25, -0.2) is 4.98 Å². The summed E-state index contributed by atoms with van der Waals surface area (Å²) in [4.78, 5) is 18.6. The van der Waals surface area contributed by atoms with Gasteiger partial charge in [-0.2, -0.15) is 0 Å². The minimum atomic E-state index is -1.27. The molecule has 7 rings (SSSR count). The van der Waals surface area contributed by atoms with E-state index in [1.165, 1.54) is 5.56 Å². The Morgan fingerprint density at radius 1 is 0.981 bits per heavy atom. The number of fused-ring (bicyclic) bond motifs is 9. The van der Waals surface area contributed by atoms with Crippen LogP contribution in [0.4, 0.5) is 0 Å².